The van der Waals surface area contributed by atoms with Crippen LogP contribution in [0.3, 0.4) is 0 Å². The van der Waals surface area contributed by atoms with E-state index in [1.807, 2.05) is 24.3 Å². The number of benzene rings is 1. The fourth-order valence-electron chi connectivity index (χ4n) is 3.88. The Kier molecular flexibility index (Phi) is 6.50. The Morgan fingerprint density at radius 3 is 2.12 bits per heavy atom. The summed E-state index contributed by atoms with van der Waals surface area (Å²) in [6, 6.07) is 8.32. The highest BCUT2D eigenvalue weighted by atomic mass is 16.2. The molecule has 1 heterocycles. The normalized spacial score (nSPS) is 22.9. The van der Waals surface area contributed by atoms with E-state index in [1.165, 1.54) is 18.5 Å². The lowest BCUT2D eigenvalue weighted by Crippen LogP contribution is -2.44. The van der Waals surface area contributed by atoms with Crippen molar-refractivity contribution in [3.63, 3.8) is 0 Å². The van der Waals surface area contributed by atoms with Gasteiger partial charge in [-0.15, -0.1) is 0 Å². The average Bonchev–Trinajstić information content (AvgIpc) is 3.18. The third-order valence-electron chi connectivity index (χ3n) is 5.40. The minimum atomic E-state index is -0.00594. The molecule has 1 aliphatic carbocycles. The van der Waals surface area contributed by atoms with Crippen LogP contribution < -0.4 is 21.3 Å². The molecule has 26 heavy (non-hydrogen) atoms. The average molecular weight is 358 g/mol. The quantitative estimate of drug-likeness (QED) is 0.723. The summed E-state index contributed by atoms with van der Waals surface area (Å²) >= 11 is 0. The van der Waals surface area contributed by atoms with Gasteiger partial charge in [0.2, 0.25) is 5.91 Å². The van der Waals surface area contributed by atoms with Crippen molar-refractivity contribution in [3.05, 3.63) is 29.8 Å². The Morgan fingerprint density at radius 2 is 1.54 bits per heavy atom. The standard InChI is InChI=1S/C20H30N4O2/c21-12-11-19(25)22-16-5-7-17(8-6-16)23-20(26)15-3-9-18(10-4-15)24-13-1-2-14-24/h3-4,9-10,16-17H,1-2,5-8,11-14,21H2,(H,22,25)(H,23,26)/t16-,17-. The van der Waals surface area contributed by atoms with Crippen molar-refractivity contribution in [3.8, 4) is 0 Å². The van der Waals surface area contributed by atoms with Gasteiger partial charge in [-0.1, -0.05) is 0 Å². The summed E-state index contributed by atoms with van der Waals surface area (Å²) < 4.78 is 0. The zero-order chi connectivity index (χ0) is 18.4. The van der Waals surface area contributed by atoms with Gasteiger partial charge in [0.25, 0.3) is 5.91 Å². The lowest BCUT2D eigenvalue weighted by Gasteiger charge is -2.29. The van der Waals surface area contributed by atoms with Gasteiger partial charge >= 0.3 is 0 Å². The fourth-order valence-corrected chi connectivity index (χ4v) is 3.88. The van der Waals surface area contributed by atoms with E-state index in [-0.39, 0.29) is 23.9 Å². The van der Waals surface area contributed by atoms with Crippen LogP contribution >= 0.6 is 0 Å². The molecule has 1 aliphatic heterocycles. The van der Waals surface area contributed by atoms with Crippen LogP contribution in [0.15, 0.2) is 24.3 Å². The molecule has 0 bridgehead atoms. The summed E-state index contributed by atoms with van der Waals surface area (Å²) in [6.45, 7) is 2.60. The minimum absolute atomic E-state index is 0.00594. The number of nitrogens with two attached hydrogens (primary N) is 1. The van der Waals surface area contributed by atoms with Crippen molar-refractivity contribution in [2.24, 2.45) is 5.73 Å². The molecule has 0 aromatic heterocycles. The van der Waals surface area contributed by atoms with E-state index in [1.54, 1.807) is 0 Å². The van der Waals surface area contributed by atoms with E-state index in [0.717, 1.165) is 38.8 Å². The number of hydrogen-bond donors (Lipinski definition) is 3. The van der Waals surface area contributed by atoms with Crippen LogP contribution in [0, 0.1) is 0 Å². The van der Waals surface area contributed by atoms with Crippen LogP contribution in [0.5, 0.6) is 0 Å². The van der Waals surface area contributed by atoms with E-state index in [4.69, 9.17) is 5.73 Å². The van der Waals surface area contributed by atoms with Crippen LogP contribution in [0.4, 0.5) is 5.69 Å². The van der Waals surface area contributed by atoms with Gasteiger partial charge in [-0.3, -0.25) is 9.59 Å². The second kappa shape index (κ2) is 9.03. The van der Waals surface area contributed by atoms with Crippen LogP contribution in [0.25, 0.3) is 0 Å². The molecule has 2 fully saturated rings. The largest absolute Gasteiger partial charge is 0.372 e. The predicted molar refractivity (Wildman–Crippen MR) is 103 cm³/mol. The summed E-state index contributed by atoms with van der Waals surface area (Å²) in [6.07, 6.45) is 6.46. The minimum Gasteiger partial charge on any atom is -0.372 e. The van der Waals surface area contributed by atoms with Gasteiger partial charge in [-0.2, -0.15) is 0 Å². The number of nitrogens with zero attached hydrogens (tertiary/aromatic N) is 1. The Labute approximate surface area is 155 Å². The molecule has 1 saturated heterocycles. The third kappa shape index (κ3) is 4.97. The van der Waals surface area contributed by atoms with Crippen molar-refractivity contribution >= 4 is 17.5 Å². The fraction of sp³-hybridized carbons (Fsp3) is 0.600. The molecule has 142 valence electrons. The highest BCUT2D eigenvalue weighted by Gasteiger charge is 2.23. The molecule has 1 aromatic rings. The second-order valence-corrected chi connectivity index (χ2v) is 7.37. The topological polar surface area (TPSA) is 87.5 Å². The molecule has 0 radical (unpaired) electrons. The Bertz CT molecular complexity index is 603. The molecule has 3 rings (SSSR count). The van der Waals surface area contributed by atoms with Crippen LogP contribution in [0.1, 0.15) is 55.3 Å². The number of carbonyl (C=O) groups excluding carboxylic acids is 2. The molecule has 2 aliphatic rings. The van der Waals surface area contributed by atoms with Gasteiger partial charge in [0, 0.05) is 49.4 Å². The first-order valence-electron chi connectivity index (χ1n) is 9.81. The van der Waals surface area contributed by atoms with Gasteiger partial charge in [0.05, 0.1) is 0 Å². The van der Waals surface area contributed by atoms with Gasteiger partial charge in [0.1, 0.15) is 0 Å². The molecule has 1 aromatic carbocycles. The highest BCUT2D eigenvalue weighted by Crippen LogP contribution is 2.22. The van der Waals surface area contributed by atoms with Crippen molar-refractivity contribution in [1.29, 1.82) is 0 Å². The Morgan fingerprint density at radius 1 is 0.962 bits per heavy atom. The number of nitrogens with one attached hydrogen (secondary N) is 2. The highest BCUT2D eigenvalue weighted by molar-refractivity contribution is 5.94. The van der Waals surface area contributed by atoms with E-state index < -0.39 is 0 Å². The van der Waals surface area contributed by atoms with E-state index >= 15 is 0 Å². The first-order valence-corrected chi connectivity index (χ1v) is 9.81. The van der Waals surface area contributed by atoms with Crippen molar-refractivity contribution in [2.45, 2.75) is 57.0 Å². The maximum Gasteiger partial charge on any atom is 0.251 e. The number of amides is 2. The maximum absolute atomic E-state index is 12.5. The predicted octanol–water partition coefficient (Wildman–Crippen LogP) is 1.79. The van der Waals surface area contributed by atoms with Crippen LogP contribution in [0.2, 0.25) is 0 Å². The Balaban J connectivity index is 1.44. The summed E-state index contributed by atoms with van der Waals surface area (Å²) in [7, 11) is 0. The monoisotopic (exact) mass is 358 g/mol. The lowest BCUT2D eigenvalue weighted by molar-refractivity contribution is -0.121. The van der Waals surface area contributed by atoms with E-state index in [9.17, 15) is 9.59 Å². The maximum atomic E-state index is 12.5. The summed E-state index contributed by atoms with van der Waals surface area (Å²) in [4.78, 5) is 26.5. The lowest BCUT2D eigenvalue weighted by atomic mass is 9.91. The molecule has 6 nitrogen and oxygen atoms in total. The molecular weight excluding hydrogens is 328 g/mol. The van der Waals surface area contributed by atoms with Gasteiger partial charge in [-0.25, -0.2) is 0 Å². The smallest absolute Gasteiger partial charge is 0.251 e. The van der Waals surface area contributed by atoms with Crippen molar-refractivity contribution in [1.82, 2.24) is 10.6 Å². The molecule has 0 unspecified atom stereocenters. The molecule has 0 atom stereocenters. The first-order chi connectivity index (χ1) is 12.7. The van der Waals surface area contributed by atoms with Crippen LogP contribution in [-0.2, 0) is 4.79 Å². The molecule has 0 spiro atoms. The SMILES string of the molecule is NCCC(=O)N[C@H]1CC[C@H](NC(=O)c2ccc(N3CCCC3)cc2)CC1. The summed E-state index contributed by atoms with van der Waals surface area (Å²) in [5, 5.41) is 6.16. The van der Waals surface area contributed by atoms with Gasteiger partial charge in [0.15, 0.2) is 0 Å². The van der Waals surface area contributed by atoms with Gasteiger partial charge in [-0.05, 0) is 62.8 Å². The zero-order valence-corrected chi connectivity index (χ0v) is 15.4. The molecular formula is C20H30N4O2. The molecule has 1 saturated carbocycles. The first kappa shape index (κ1) is 18.7. The number of anilines is 1. The van der Waals surface area contributed by atoms with E-state index in [2.05, 4.69) is 15.5 Å². The molecule has 6 heteroatoms. The summed E-state index contributed by atoms with van der Waals surface area (Å²) in [5.41, 5.74) is 7.32. The number of rotatable bonds is 6. The molecule has 2 amide bonds. The molecule has 4 N–H and O–H groups in total. The van der Waals surface area contributed by atoms with Crippen molar-refractivity contribution in [2.75, 3.05) is 24.5 Å². The Hall–Kier alpha value is -2.08. The van der Waals surface area contributed by atoms with Crippen molar-refractivity contribution < 1.29 is 9.59 Å². The van der Waals surface area contributed by atoms with Crippen LogP contribution in [-0.4, -0.2) is 43.5 Å². The third-order valence-corrected chi connectivity index (χ3v) is 5.40. The van der Waals surface area contributed by atoms with Gasteiger partial charge < -0.3 is 21.3 Å². The second-order valence-electron chi connectivity index (χ2n) is 7.37. The number of carbonyl (C=O) groups is 2. The summed E-state index contributed by atoms with van der Waals surface area (Å²) in [5.74, 6) is 0.0201. The number of hydrogen-bond acceptors (Lipinski definition) is 4. The van der Waals surface area contributed by atoms with E-state index in [0.29, 0.717) is 18.5 Å². The zero-order valence-electron chi connectivity index (χ0n) is 15.4.